The first-order chi connectivity index (χ1) is 8.90. The van der Waals surface area contributed by atoms with Gasteiger partial charge >= 0.3 is 6.61 Å². The molecular weight excluding hydrogens is 252 g/mol. The molecular formula is C14H21F2NO2. The maximum atomic E-state index is 12.1. The predicted octanol–water partition coefficient (Wildman–Crippen LogP) is 3.08. The molecule has 0 unspecified atom stereocenters. The monoisotopic (exact) mass is 273 g/mol. The quantitative estimate of drug-likeness (QED) is 0.802. The van der Waals surface area contributed by atoms with Crippen molar-refractivity contribution in [2.45, 2.75) is 45.4 Å². The smallest absolute Gasteiger partial charge is 0.387 e. The van der Waals surface area contributed by atoms with Gasteiger partial charge in [-0.1, -0.05) is 26.0 Å². The van der Waals surface area contributed by atoms with E-state index >= 15 is 0 Å². The Morgan fingerprint density at radius 3 is 2.53 bits per heavy atom. The van der Waals surface area contributed by atoms with Gasteiger partial charge in [-0.25, -0.2) is 0 Å². The van der Waals surface area contributed by atoms with E-state index in [0.29, 0.717) is 17.9 Å². The van der Waals surface area contributed by atoms with Crippen LogP contribution in [0.5, 0.6) is 5.75 Å². The number of hydrogen-bond acceptors (Lipinski definition) is 3. The molecule has 0 aromatic heterocycles. The Morgan fingerprint density at radius 1 is 1.26 bits per heavy atom. The van der Waals surface area contributed by atoms with Crippen molar-refractivity contribution >= 4 is 0 Å². The first kappa shape index (κ1) is 15.9. The fraction of sp³-hybridized carbons (Fsp3) is 0.571. The van der Waals surface area contributed by atoms with Gasteiger partial charge in [0.2, 0.25) is 0 Å². The summed E-state index contributed by atoms with van der Waals surface area (Å²) in [5.41, 5.74) is 6.52. The Bertz CT molecular complexity index is 385. The van der Waals surface area contributed by atoms with Crippen molar-refractivity contribution in [2.75, 3.05) is 0 Å². The number of alkyl halides is 2. The Labute approximate surface area is 112 Å². The molecule has 0 bridgehead atoms. The van der Waals surface area contributed by atoms with Crippen LogP contribution < -0.4 is 10.5 Å². The number of ether oxygens (including phenoxy) is 1. The van der Waals surface area contributed by atoms with Gasteiger partial charge in [0.25, 0.3) is 0 Å². The topological polar surface area (TPSA) is 55.5 Å². The van der Waals surface area contributed by atoms with Crippen LogP contribution >= 0.6 is 0 Å². The molecule has 0 spiro atoms. The predicted molar refractivity (Wildman–Crippen MR) is 70.1 cm³/mol. The highest BCUT2D eigenvalue weighted by Gasteiger charge is 2.18. The van der Waals surface area contributed by atoms with Gasteiger partial charge in [-0.15, -0.1) is 0 Å². The fourth-order valence-electron chi connectivity index (χ4n) is 1.80. The van der Waals surface area contributed by atoms with Crippen LogP contribution in [0, 0.1) is 5.92 Å². The van der Waals surface area contributed by atoms with Crippen LogP contribution in [-0.2, 0) is 0 Å². The van der Waals surface area contributed by atoms with Crippen LogP contribution in [0.4, 0.5) is 8.78 Å². The lowest BCUT2D eigenvalue weighted by Crippen LogP contribution is -2.26. The first-order valence-electron chi connectivity index (χ1n) is 6.38. The molecule has 0 aliphatic heterocycles. The number of aliphatic hydroxyl groups excluding tert-OH is 1. The molecule has 5 heteroatoms. The van der Waals surface area contributed by atoms with Crippen LogP contribution in [0.25, 0.3) is 0 Å². The molecule has 0 saturated heterocycles. The van der Waals surface area contributed by atoms with E-state index < -0.39 is 18.8 Å². The third-order valence-corrected chi connectivity index (χ3v) is 2.92. The Morgan fingerprint density at radius 2 is 1.95 bits per heavy atom. The molecule has 19 heavy (non-hydrogen) atoms. The number of rotatable bonds is 7. The first-order valence-corrected chi connectivity index (χ1v) is 6.38. The molecule has 1 aromatic rings. The van der Waals surface area contributed by atoms with Crippen molar-refractivity contribution < 1.29 is 18.6 Å². The van der Waals surface area contributed by atoms with Crippen molar-refractivity contribution in [1.29, 1.82) is 0 Å². The standard InChI is InChI=1S/C14H21F2NO2/c1-9(2)6-7-12(18)13(17)10-4-3-5-11(8-10)19-14(15)16/h3-5,8-9,12-14,18H,6-7,17H2,1-2H3/t12-,13+/m1/s1. The summed E-state index contributed by atoms with van der Waals surface area (Å²) in [7, 11) is 0. The number of hydrogen-bond donors (Lipinski definition) is 2. The average molecular weight is 273 g/mol. The van der Waals surface area contributed by atoms with Crippen molar-refractivity contribution in [3.8, 4) is 5.75 Å². The van der Waals surface area contributed by atoms with Gasteiger partial charge in [0.05, 0.1) is 12.1 Å². The van der Waals surface area contributed by atoms with Crippen LogP contribution in [0.3, 0.4) is 0 Å². The summed E-state index contributed by atoms with van der Waals surface area (Å²) in [6.07, 6.45) is 0.755. The largest absolute Gasteiger partial charge is 0.435 e. The Kier molecular flexibility index (Phi) is 6.18. The van der Waals surface area contributed by atoms with E-state index in [1.165, 1.54) is 12.1 Å². The van der Waals surface area contributed by atoms with E-state index in [9.17, 15) is 13.9 Å². The van der Waals surface area contributed by atoms with Gasteiger partial charge in [-0.3, -0.25) is 0 Å². The van der Waals surface area contributed by atoms with Crippen molar-refractivity contribution in [3.63, 3.8) is 0 Å². The maximum Gasteiger partial charge on any atom is 0.387 e. The number of aliphatic hydroxyl groups is 1. The molecule has 0 aliphatic carbocycles. The van der Waals surface area contributed by atoms with E-state index in [0.717, 1.165) is 6.42 Å². The minimum atomic E-state index is -2.86. The van der Waals surface area contributed by atoms with Crippen LogP contribution in [0.15, 0.2) is 24.3 Å². The summed E-state index contributed by atoms with van der Waals surface area (Å²) >= 11 is 0. The summed E-state index contributed by atoms with van der Waals surface area (Å²) in [4.78, 5) is 0. The van der Waals surface area contributed by atoms with Gasteiger partial charge in [-0.2, -0.15) is 8.78 Å². The highest BCUT2D eigenvalue weighted by Crippen LogP contribution is 2.23. The molecule has 0 saturated carbocycles. The SMILES string of the molecule is CC(C)CC[C@@H](O)[C@@H](N)c1cccc(OC(F)F)c1. The third kappa shape index (κ3) is 5.53. The second kappa shape index (κ2) is 7.40. The summed E-state index contributed by atoms with van der Waals surface area (Å²) in [6.45, 7) is 1.27. The van der Waals surface area contributed by atoms with Crippen LogP contribution in [0.2, 0.25) is 0 Å². The van der Waals surface area contributed by atoms with Crippen LogP contribution in [0.1, 0.15) is 38.3 Å². The zero-order valence-electron chi connectivity index (χ0n) is 11.2. The van der Waals surface area contributed by atoms with E-state index in [4.69, 9.17) is 5.73 Å². The molecule has 3 nitrogen and oxygen atoms in total. The molecule has 3 N–H and O–H groups in total. The van der Waals surface area contributed by atoms with Gasteiger partial charge < -0.3 is 15.6 Å². The lowest BCUT2D eigenvalue weighted by atomic mass is 9.96. The molecule has 108 valence electrons. The molecule has 1 aromatic carbocycles. The normalized spacial score (nSPS) is 14.7. The lowest BCUT2D eigenvalue weighted by Gasteiger charge is -2.20. The zero-order chi connectivity index (χ0) is 14.4. The fourth-order valence-corrected chi connectivity index (χ4v) is 1.80. The highest BCUT2D eigenvalue weighted by molar-refractivity contribution is 5.31. The molecule has 2 atom stereocenters. The molecule has 0 heterocycles. The number of benzene rings is 1. The minimum Gasteiger partial charge on any atom is -0.435 e. The Hall–Kier alpha value is -1.20. The number of halogens is 2. The molecule has 0 amide bonds. The maximum absolute atomic E-state index is 12.1. The average Bonchev–Trinajstić information content (AvgIpc) is 2.34. The molecule has 1 rings (SSSR count). The summed E-state index contributed by atoms with van der Waals surface area (Å²) in [6, 6.07) is 5.56. The summed E-state index contributed by atoms with van der Waals surface area (Å²) in [5, 5.41) is 9.98. The Balaban J connectivity index is 2.67. The van der Waals surface area contributed by atoms with Crippen molar-refractivity contribution in [3.05, 3.63) is 29.8 Å². The van der Waals surface area contributed by atoms with Crippen LogP contribution in [-0.4, -0.2) is 17.8 Å². The van der Waals surface area contributed by atoms with E-state index in [2.05, 4.69) is 18.6 Å². The van der Waals surface area contributed by atoms with Gasteiger partial charge in [0.1, 0.15) is 5.75 Å². The summed E-state index contributed by atoms with van der Waals surface area (Å²) in [5.74, 6) is 0.536. The van der Waals surface area contributed by atoms with Crippen molar-refractivity contribution in [2.24, 2.45) is 11.7 Å². The number of nitrogens with two attached hydrogens (primary N) is 1. The second-order valence-electron chi connectivity index (χ2n) is 5.02. The van der Waals surface area contributed by atoms with E-state index in [1.807, 2.05) is 0 Å². The van der Waals surface area contributed by atoms with E-state index in [-0.39, 0.29) is 5.75 Å². The van der Waals surface area contributed by atoms with Crippen molar-refractivity contribution in [1.82, 2.24) is 0 Å². The zero-order valence-corrected chi connectivity index (χ0v) is 11.2. The van der Waals surface area contributed by atoms with E-state index in [1.54, 1.807) is 12.1 Å². The molecule has 0 radical (unpaired) electrons. The van der Waals surface area contributed by atoms with Gasteiger partial charge in [0, 0.05) is 0 Å². The van der Waals surface area contributed by atoms with Gasteiger partial charge in [-0.05, 0) is 36.5 Å². The third-order valence-electron chi connectivity index (χ3n) is 2.92. The second-order valence-corrected chi connectivity index (χ2v) is 5.02. The minimum absolute atomic E-state index is 0.0546. The summed E-state index contributed by atoms with van der Waals surface area (Å²) < 4.78 is 28.5. The van der Waals surface area contributed by atoms with Gasteiger partial charge in [0.15, 0.2) is 0 Å². The molecule has 0 aliphatic rings. The lowest BCUT2D eigenvalue weighted by molar-refractivity contribution is -0.0499. The highest BCUT2D eigenvalue weighted by atomic mass is 19.3. The molecule has 0 fully saturated rings.